The summed E-state index contributed by atoms with van der Waals surface area (Å²) in [5.41, 5.74) is -1.24. The van der Waals surface area contributed by atoms with Crippen LogP contribution in [0.25, 0.3) is 0 Å². The Balaban J connectivity index is 2.18. The zero-order chi connectivity index (χ0) is 10.1. The first kappa shape index (κ1) is 8.41. The lowest BCUT2D eigenvalue weighted by atomic mass is 9.62. The highest BCUT2D eigenvalue weighted by molar-refractivity contribution is 6.01. The summed E-state index contributed by atoms with van der Waals surface area (Å²) in [5.74, 6) is -1.17. The highest BCUT2D eigenvalue weighted by atomic mass is 16.6. The van der Waals surface area contributed by atoms with E-state index < -0.39 is 23.0 Å². The molecule has 0 aromatic rings. The first-order valence-electron chi connectivity index (χ1n) is 4.93. The number of carbonyl (C=O) groups excluding carboxylic acids is 2. The molecule has 14 heavy (non-hydrogen) atoms. The number of ether oxygens (including phenoxy) is 2. The van der Waals surface area contributed by atoms with Crippen LogP contribution in [0.3, 0.4) is 0 Å². The molecule has 0 saturated carbocycles. The summed E-state index contributed by atoms with van der Waals surface area (Å²) in [5, 5.41) is 0. The van der Waals surface area contributed by atoms with E-state index in [1.807, 2.05) is 6.92 Å². The number of cyclic esters (lactones) is 2. The summed E-state index contributed by atoms with van der Waals surface area (Å²) in [7, 11) is 0. The van der Waals surface area contributed by atoms with Crippen molar-refractivity contribution in [3.63, 3.8) is 0 Å². The lowest BCUT2D eigenvalue weighted by molar-refractivity contribution is -0.162. The second kappa shape index (κ2) is 2.03. The molecule has 3 aliphatic rings. The van der Waals surface area contributed by atoms with Crippen LogP contribution in [0.5, 0.6) is 0 Å². The smallest absolute Gasteiger partial charge is 0.323 e. The molecule has 0 aromatic heterocycles. The second-order valence-corrected chi connectivity index (χ2v) is 4.81. The zero-order valence-electron chi connectivity index (χ0n) is 8.20. The SMILES string of the molecule is C[C@]12CC[C@@H](O1)[C@H]1C(=O)OC(=O)[C@@]12C. The molecular formula is C10H12O4. The molecular weight excluding hydrogens is 184 g/mol. The Labute approximate surface area is 81.6 Å². The van der Waals surface area contributed by atoms with Crippen molar-refractivity contribution in [1.82, 2.24) is 0 Å². The van der Waals surface area contributed by atoms with Crippen molar-refractivity contribution < 1.29 is 19.1 Å². The molecule has 2 bridgehead atoms. The molecule has 0 aliphatic carbocycles. The number of carbonyl (C=O) groups is 2. The third kappa shape index (κ3) is 0.610. The van der Waals surface area contributed by atoms with E-state index in [4.69, 9.17) is 9.47 Å². The highest BCUT2D eigenvalue weighted by Gasteiger charge is 2.74. The molecule has 4 heteroatoms. The molecule has 0 unspecified atom stereocenters. The quantitative estimate of drug-likeness (QED) is 0.421. The molecule has 3 rings (SSSR count). The van der Waals surface area contributed by atoms with Crippen LogP contribution in [0, 0.1) is 11.3 Å². The molecule has 0 amide bonds. The van der Waals surface area contributed by atoms with Crippen molar-refractivity contribution in [1.29, 1.82) is 0 Å². The molecule has 0 N–H and O–H groups in total. The fourth-order valence-electron chi connectivity index (χ4n) is 3.18. The molecule has 4 atom stereocenters. The monoisotopic (exact) mass is 196 g/mol. The summed E-state index contributed by atoms with van der Waals surface area (Å²) in [4.78, 5) is 23.1. The van der Waals surface area contributed by atoms with Gasteiger partial charge in [-0.3, -0.25) is 9.59 Å². The number of hydrogen-bond donors (Lipinski definition) is 0. The molecule has 3 aliphatic heterocycles. The van der Waals surface area contributed by atoms with E-state index >= 15 is 0 Å². The molecule has 0 radical (unpaired) electrons. The Hall–Kier alpha value is -0.900. The van der Waals surface area contributed by atoms with Crippen molar-refractivity contribution in [2.24, 2.45) is 11.3 Å². The van der Waals surface area contributed by atoms with Gasteiger partial charge in [0.05, 0.1) is 11.7 Å². The average molecular weight is 196 g/mol. The van der Waals surface area contributed by atoms with Crippen LogP contribution >= 0.6 is 0 Å². The second-order valence-electron chi connectivity index (χ2n) is 4.81. The van der Waals surface area contributed by atoms with Gasteiger partial charge >= 0.3 is 11.9 Å². The van der Waals surface area contributed by atoms with Gasteiger partial charge in [0, 0.05) is 0 Å². The van der Waals surface area contributed by atoms with Crippen LogP contribution in [0.2, 0.25) is 0 Å². The van der Waals surface area contributed by atoms with Gasteiger partial charge in [0.1, 0.15) is 11.3 Å². The van der Waals surface area contributed by atoms with Crippen LogP contribution in [-0.2, 0) is 19.1 Å². The lowest BCUT2D eigenvalue weighted by Gasteiger charge is -2.34. The number of esters is 2. The third-order valence-corrected chi connectivity index (χ3v) is 4.28. The van der Waals surface area contributed by atoms with Crippen LogP contribution < -0.4 is 0 Å². The summed E-state index contributed by atoms with van der Waals surface area (Å²) < 4.78 is 10.5. The fourth-order valence-corrected chi connectivity index (χ4v) is 3.18. The Bertz CT molecular complexity index is 350. The molecule has 4 nitrogen and oxygen atoms in total. The molecule has 76 valence electrons. The fraction of sp³-hybridized carbons (Fsp3) is 0.800. The van der Waals surface area contributed by atoms with Crippen LogP contribution in [0.1, 0.15) is 26.7 Å². The van der Waals surface area contributed by atoms with Gasteiger partial charge in [-0.05, 0) is 26.7 Å². The molecule has 3 fully saturated rings. The van der Waals surface area contributed by atoms with Crippen LogP contribution in [0.4, 0.5) is 0 Å². The Kier molecular flexibility index (Phi) is 1.22. The highest BCUT2D eigenvalue weighted by Crippen LogP contribution is 2.61. The van der Waals surface area contributed by atoms with E-state index in [2.05, 4.69) is 0 Å². The van der Waals surface area contributed by atoms with Gasteiger partial charge in [-0.2, -0.15) is 0 Å². The largest absolute Gasteiger partial charge is 0.392 e. The molecule has 3 saturated heterocycles. The maximum absolute atomic E-state index is 11.7. The zero-order valence-corrected chi connectivity index (χ0v) is 8.20. The Morgan fingerprint density at radius 1 is 1.36 bits per heavy atom. The van der Waals surface area contributed by atoms with Crippen LogP contribution in [0.15, 0.2) is 0 Å². The number of fused-ring (bicyclic) bond motifs is 5. The molecule has 0 aromatic carbocycles. The van der Waals surface area contributed by atoms with E-state index in [-0.39, 0.29) is 12.0 Å². The van der Waals surface area contributed by atoms with Crippen molar-refractivity contribution in [3.05, 3.63) is 0 Å². The van der Waals surface area contributed by atoms with Gasteiger partial charge in [0.2, 0.25) is 0 Å². The maximum Gasteiger partial charge on any atom is 0.323 e. The Morgan fingerprint density at radius 2 is 2.07 bits per heavy atom. The third-order valence-electron chi connectivity index (χ3n) is 4.28. The standard InChI is InChI=1S/C10H12O4/c1-9-4-3-5(14-9)6-7(11)13-8(12)10(6,9)2/h5-6H,3-4H2,1-2H3/t5-,6+,9-,10-/m1/s1. The first-order valence-corrected chi connectivity index (χ1v) is 4.93. The van der Waals surface area contributed by atoms with Gasteiger partial charge in [0.25, 0.3) is 0 Å². The summed E-state index contributed by atoms with van der Waals surface area (Å²) >= 11 is 0. The minimum Gasteiger partial charge on any atom is -0.392 e. The predicted molar refractivity (Wildman–Crippen MR) is 45.2 cm³/mol. The van der Waals surface area contributed by atoms with Crippen molar-refractivity contribution in [3.8, 4) is 0 Å². The van der Waals surface area contributed by atoms with E-state index in [0.29, 0.717) is 0 Å². The lowest BCUT2D eigenvalue weighted by Crippen LogP contribution is -2.47. The Morgan fingerprint density at radius 3 is 2.71 bits per heavy atom. The van der Waals surface area contributed by atoms with Gasteiger partial charge in [-0.15, -0.1) is 0 Å². The van der Waals surface area contributed by atoms with E-state index in [1.54, 1.807) is 6.92 Å². The van der Waals surface area contributed by atoms with E-state index in [1.165, 1.54) is 0 Å². The predicted octanol–water partition coefficient (Wildman–Crippen LogP) is 0.644. The summed E-state index contributed by atoms with van der Waals surface area (Å²) in [6.45, 7) is 3.71. The normalized spacial score (nSPS) is 55.0. The topological polar surface area (TPSA) is 52.6 Å². The van der Waals surface area contributed by atoms with Crippen LogP contribution in [-0.4, -0.2) is 23.6 Å². The van der Waals surface area contributed by atoms with Crippen molar-refractivity contribution in [2.45, 2.75) is 38.4 Å². The van der Waals surface area contributed by atoms with E-state index in [0.717, 1.165) is 12.8 Å². The maximum atomic E-state index is 11.7. The average Bonchev–Trinajstić information content (AvgIpc) is 2.63. The summed E-state index contributed by atoms with van der Waals surface area (Å²) in [6, 6.07) is 0. The minimum absolute atomic E-state index is 0.107. The molecule has 0 spiro atoms. The minimum atomic E-state index is -0.743. The van der Waals surface area contributed by atoms with E-state index in [9.17, 15) is 9.59 Å². The van der Waals surface area contributed by atoms with Gasteiger partial charge < -0.3 is 9.47 Å². The molecule has 3 heterocycles. The first-order chi connectivity index (χ1) is 6.49. The van der Waals surface area contributed by atoms with Gasteiger partial charge in [0.15, 0.2) is 0 Å². The number of hydrogen-bond acceptors (Lipinski definition) is 4. The van der Waals surface area contributed by atoms with Crippen molar-refractivity contribution in [2.75, 3.05) is 0 Å². The summed E-state index contributed by atoms with van der Waals surface area (Å²) in [6.07, 6.45) is 1.59. The van der Waals surface area contributed by atoms with Crippen molar-refractivity contribution >= 4 is 11.9 Å². The van der Waals surface area contributed by atoms with Gasteiger partial charge in [-0.1, -0.05) is 0 Å². The van der Waals surface area contributed by atoms with Gasteiger partial charge in [-0.25, -0.2) is 0 Å². The number of rotatable bonds is 0.